The molecule has 0 bridgehead atoms. The van der Waals surface area contributed by atoms with Gasteiger partial charge in [-0.2, -0.15) is 0 Å². The standard InChI is InChI=1S/C29H41BrO2/c1-3-5-6-7-8-9-10-11-12-13-14-15-16-17-18-19-20-21-28(4-2)32-29(31)26-22-24-27(30)25-23-26/h2,9-10,20-25,28H,3,5-8,11-19H2,1H3/b10-9-,21-20+/t28-/m1/s1. The highest BCUT2D eigenvalue weighted by Crippen LogP contribution is 2.13. The molecule has 0 aromatic heterocycles. The van der Waals surface area contributed by atoms with E-state index in [-0.39, 0.29) is 0 Å². The molecule has 0 aliphatic carbocycles. The molecule has 0 saturated heterocycles. The maximum Gasteiger partial charge on any atom is 0.339 e. The van der Waals surface area contributed by atoms with Gasteiger partial charge in [-0.05, 0) is 68.9 Å². The van der Waals surface area contributed by atoms with E-state index >= 15 is 0 Å². The zero-order valence-corrected chi connectivity index (χ0v) is 21.5. The molecule has 0 amide bonds. The molecule has 0 aliphatic rings. The van der Waals surface area contributed by atoms with Gasteiger partial charge in [-0.3, -0.25) is 0 Å². The Bertz CT molecular complexity index is 697. The van der Waals surface area contributed by atoms with Crippen LogP contribution in [-0.2, 0) is 4.74 Å². The first-order valence-electron chi connectivity index (χ1n) is 12.4. The fourth-order valence-corrected chi connectivity index (χ4v) is 3.72. The van der Waals surface area contributed by atoms with Crippen LogP contribution in [0.1, 0.15) is 107 Å². The molecule has 1 aromatic carbocycles. The number of hydrogen-bond acceptors (Lipinski definition) is 2. The molecule has 0 N–H and O–H groups in total. The highest BCUT2D eigenvalue weighted by molar-refractivity contribution is 9.10. The van der Waals surface area contributed by atoms with Gasteiger partial charge in [-0.15, -0.1) is 6.42 Å². The minimum atomic E-state index is -0.614. The molecular formula is C29H41BrO2. The van der Waals surface area contributed by atoms with Crippen LogP contribution in [-0.4, -0.2) is 12.1 Å². The van der Waals surface area contributed by atoms with Gasteiger partial charge >= 0.3 is 5.97 Å². The fourth-order valence-electron chi connectivity index (χ4n) is 3.45. The largest absolute Gasteiger partial charge is 0.441 e. The van der Waals surface area contributed by atoms with Crippen molar-refractivity contribution in [1.29, 1.82) is 0 Å². The molecular weight excluding hydrogens is 460 g/mol. The summed E-state index contributed by atoms with van der Waals surface area (Å²) in [6.07, 6.45) is 31.4. The Morgan fingerprint density at radius 1 is 0.875 bits per heavy atom. The van der Waals surface area contributed by atoms with E-state index in [0.717, 1.165) is 17.3 Å². The first-order valence-corrected chi connectivity index (χ1v) is 13.2. The van der Waals surface area contributed by atoms with Crippen molar-refractivity contribution in [2.75, 3.05) is 0 Å². The van der Waals surface area contributed by atoms with Crippen molar-refractivity contribution in [3.05, 3.63) is 58.6 Å². The highest BCUT2D eigenvalue weighted by atomic mass is 79.9. The van der Waals surface area contributed by atoms with E-state index < -0.39 is 12.1 Å². The van der Waals surface area contributed by atoms with Crippen molar-refractivity contribution >= 4 is 21.9 Å². The van der Waals surface area contributed by atoms with Gasteiger partial charge < -0.3 is 4.74 Å². The molecule has 0 unspecified atom stereocenters. The van der Waals surface area contributed by atoms with Crippen LogP contribution in [0.15, 0.2) is 53.0 Å². The number of rotatable bonds is 18. The predicted octanol–water partition coefficient (Wildman–Crippen LogP) is 9.20. The zero-order chi connectivity index (χ0) is 23.3. The maximum atomic E-state index is 12.1. The van der Waals surface area contributed by atoms with Crippen LogP contribution in [0, 0.1) is 12.3 Å². The van der Waals surface area contributed by atoms with Crippen LogP contribution in [0.4, 0.5) is 0 Å². The summed E-state index contributed by atoms with van der Waals surface area (Å²) in [5, 5.41) is 0. The number of ether oxygens (including phenoxy) is 1. The van der Waals surface area contributed by atoms with Gasteiger partial charge in [-0.25, -0.2) is 4.79 Å². The van der Waals surface area contributed by atoms with E-state index in [0.29, 0.717) is 5.56 Å². The summed E-state index contributed by atoms with van der Waals surface area (Å²) in [6, 6.07) is 7.06. The summed E-state index contributed by atoms with van der Waals surface area (Å²) in [5.74, 6) is 2.13. The van der Waals surface area contributed by atoms with Gasteiger partial charge in [0.1, 0.15) is 0 Å². The summed E-state index contributed by atoms with van der Waals surface area (Å²) < 4.78 is 6.29. The molecule has 0 aliphatic heterocycles. The molecule has 1 rings (SSSR count). The SMILES string of the molecule is C#C[C@H](/C=C/CCCCCCCCC/C=C\CCCCCC)OC(=O)c1ccc(Br)cc1. The van der Waals surface area contributed by atoms with Crippen LogP contribution >= 0.6 is 15.9 Å². The lowest BCUT2D eigenvalue weighted by Crippen LogP contribution is -2.14. The van der Waals surface area contributed by atoms with Crippen LogP contribution in [0.25, 0.3) is 0 Å². The molecule has 2 nitrogen and oxygen atoms in total. The second kappa shape index (κ2) is 19.9. The average molecular weight is 502 g/mol. The summed E-state index contributed by atoms with van der Waals surface area (Å²) in [4.78, 5) is 12.1. The monoisotopic (exact) mass is 500 g/mol. The molecule has 1 atom stereocenters. The molecule has 32 heavy (non-hydrogen) atoms. The lowest BCUT2D eigenvalue weighted by Gasteiger charge is -2.08. The third-order valence-electron chi connectivity index (χ3n) is 5.42. The number of halogens is 1. The number of carbonyl (C=O) groups is 1. The molecule has 176 valence electrons. The molecule has 0 radical (unpaired) electrons. The second-order valence-corrected chi connectivity index (χ2v) is 9.22. The number of benzene rings is 1. The van der Waals surface area contributed by atoms with Crippen LogP contribution in [0.5, 0.6) is 0 Å². The van der Waals surface area contributed by atoms with Crippen LogP contribution in [0.2, 0.25) is 0 Å². The topological polar surface area (TPSA) is 26.3 Å². The van der Waals surface area contributed by atoms with E-state index in [1.54, 1.807) is 12.1 Å². The second-order valence-electron chi connectivity index (χ2n) is 8.30. The van der Waals surface area contributed by atoms with Crippen molar-refractivity contribution in [1.82, 2.24) is 0 Å². The summed E-state index contributed by atoms with van der Waals surface area (Å²) >= 11 is 3.35. The Morgan fingerprint density at radius 2 is 1.38 bits per heavy atom. The van der Waals surface area contributed by atoms with Gasteiger partial charge in [0.15, 0.2) is 6.10 Å². The number of carbonyl (C=O) groups excluding carboxylic acids is 1. The van der Waals surface area contributed by atoms with Gasteiger partial charge in [0.25, 0.3) is 0 Å². The van der Waals surface area contributed by atoms with Crippen molar-refractivity contribution in [2.45, 2.75) is 103 Å². The van der Waals surface area contributed by atoms with Crippen molar-refractivity contribution < 1.29 is 9.53 Å². The number of hydrogen-bond donors (Lipinski definition) is 0. The lowest BCUT2D eigenvalue weighted by molar-refractivity contribution is 0.0475. The minimum absolute atomic E-state index is 0.396. The molecule has 3 heteroatoms. The highest BCUT2D eigenvalue weighted by Gasteiger charge is 2.11. The van der Waals surface area contributed by atoms with E-state index in [2.05, 4.69) is 40.9 Å². The third-order valence-corrected chi connectivity index (χ3v) is 5.95. The quantitative estimate of drug-likeness (QED) is 0.0867. The van der Waals surface area contributed by atoms with Crippen molar-refractivity contribution in [3.63, 3.8) is 0 Å². The molecule has 0 fully saturated rings. The lowest BCUT2D eigenvalue weighted by atomic mass is 10.1. The Morgan fingerprint density at radius 3 is 1.91 bits per heavy atom. The molecule has 0 heterocycles. The van der Waals surface area contributed by atoms with Gasteiger partial charge in [0, 0.05) is 4.47 Å². The fraction of sp³-hybridized carbons (Fsp3) is 0.552. The Labute approximate surface area is 205 Å². The number of esters is 1. The Balaban J connectivity index is 1.99. The zero-order valence-electron chi connectivity index (χ0n) is 19.9. The van der Waals surface area contributed by atoms with Crippen molar-refractivity contribution in [2.24, 2.45) is 0 Å². The number of unbranched alkanes of at least 4 members (excludes halogenated alkanes) is 12. The van der Waals surface area contributed by atoms with Gasteiger partial charge in [-0.1, -0.05) is 98.4 Å². The average Bonchev–Trinajstić information content (AvgIpc) is 2.80. The minimum Gasteiger partial charge on any atom is -0.441 e. The Kier molecular flexibility index (Phi) is 17.5. The van der Waals surface area contributed by atoms with Gasteiger partial charge in [0.2, 0.25) is 0 Å². The van der Waals surface area contributed by atoms with Crippen LogP contribution in [0.3, 0.4) is 0 Å². The van der Waals surface area contributed by atoms with Gasteiger partial charge in [0.05, 0.1) is 5.56 Å². The summed E-state index contributed by atoms with van der Waals surface area (Å²) in [7, 11) is 0. The molecule has 0 spiro atoms. The van der Waals surface area contributed by atoms with E-state index in [1.165, 1.54) is 77.0 Å². The molecule has 1 aromatic rings. The maximum absolute atomic E-state index is 12.1. The first kappa shape index (κ1) is 28.2. The predicted molar refractivity (Wildman–Crippen MR) is 141 cm³/mol. The number of terminal acetylenes is 1. The molecule has 0 saturated carbocycles. The number of allylic oxidation sites excluding steroid dienone is 3. The van der Waals surface area contributed by atoms with Crippen LogP contribution < -0.4 is 0 Å². The first-order chi connectivity index (χ1) is 15.7. The summed E-state index contributed by atoms with van der Waals surface area (Å²) in [6.45, 7) is 2.26. The smallest absolute Gasteiger partial charge is 0.339 e. The third kappa shape index (κ3) is 15.1. The van der Waals surface area contributed by atoms with Crippen molar-refractivity contribution in [3.8, 4) is 12.3 Å². The van der Waals surface area contributed by atoms with E-state index in [4.69, 9.17) is 11.2 Å². The van der Waals surface area contributed by atoms with E-state index in [1.807, 2.05) is 24.3 Å². The van der Waals surface area contributed by atoms with E-state index in [9.17, 15) is 4.79 Å². The normalized spacial score (nSPS) is 12.3. The summed E-state index contributed by atoms with van der Waals surface area (Å²) in [5.41, 5.74) is 0.500. The Hall–Kier alpha value is -1.79.